The van der Waals surface area contributed by atoms with Gasteiger partial charge >= 0.3 is 6.18 Å². The predicted molar refractivity (Wildman–Crippen MR) is 144 cm³/mol. The fraction of sp³-hybridized carbons (Fsp3) is 0.481. The molecule has 0 aromatic carbocycles. The minimum absolute atomic E-state index is 0.181. The molecular weight excluding hydrogens is 537 g/mol. The average molecular weight is 569 g/mol. The van der Waals surface area contributed by atoms with Crippen molar-refractivity contribution in [1.82, 2.24) is 49.4 Å². The summed E-state index contributed by atoms with van der Waals surface area (Å²) in [6.45, 7) is 5.36. The molecule has 41 heavy (non-hydrogen) atoms. The van der Waals surface area contributed by atoms with Crippen LogP contribution in [0.4, 0.5) is 13.2 Å². The lowest BCUT2D eigenvalue weighted by Crippen LogP contribution is -2.56. The Bertz CT molecular complexity index is 1540. The molecule has 0 aliphatic carbocycles. The Morgan fingerprint density at radius 3 is 2.66 bits per heavy atom. The van der Waals surface area contributed by atoms with Crippen molar-refractivity contribution in [2.45, 2.75) is 44.6 Å². The first-order valence-electron chi connectivity index (χ1n) is 13.7. The van der Waals surface area contributed by atoms with Gasteiger partial charge in [0.2, 0.25) is 5.82 Å². The van der Waals surface area contributed by atoms with Crippen LogP contribution in [-0.2, 0) is 12.7 Å². The molecule has 2 aliphatic rings. The molecule has 0 radical (unpaired) electrons. The van der Waals surface area contributed by atoms with E-state index in [1.807, 2.05) is 41.2 Å². The second-order valence-corrected chi connectivity index (χ2v) is 10.7. The number of aromatic nitrogens is 7. The van der Waals surface area contributed by atoms with E-state index in [-0.39, 0.29) is 24.0 Å². The first-order chi connectivity index (χ1) is 19.7. The van der Waals surface area contributed by atoms with Crippen LogP contribution in [0.25, 0.3) is 22.3 Å². The van der Waals surface area contributed by atoms with E-state index >= 15 is 0 Å². The van der Waals surface area contributed by atoms with E-state index in [9.17, 15) is 18.0 Å². The molecule has 0 atom stereocenters. The lowest BCUT2D eigenvalue weighted by Gasteiger charge is -2.47. The van der Waals surface area contributed by atoms with E-state index in [1.54, 1.807) is 11.9 Å². The van der Waals surface area contributed by atoms with Crippen molar-refractivity contribution in [3.8, 4) is 11.3 Å². The first kappa shape index (κ1) is 27.3. The molecule has 2 saturated heterocycles. The highest BCUT2D eigenvalue weighted by molar-refractivity contribution is 5.92. The van der Waals surface area contributed by atoms with Crippen LogP contribution in [0.2, 0.25) is 0 Å². The van der Waals surface area contributed by atoms with Crippen LogP contribution in [0.15, 0.2) is 37.1 Å². The number of halogens is 3. The second kappa shape index (κ2) is 10.8. The van der Waals surface area contributed by atoms with Crippen molar-refractivity contribution in [2.75, 3.05) is 39.8 Å². The molecule has 0 unspecified atom stereocenters. The topological polar surface area (TPSA) is 112 Å². The summed E-state index contributed by atoms with van der Waals surface area (Å²) in [7, 11) is 1.78. The maximum absolute atomic E-state index is 13.5. The minimum Gasteiger partial charge on any atom is -0.346 e. The van der Waals surface area contributed by atoms with Gasteiger partial charge in [-0.15, -0.1) is 0 Å². The van der Waals surface area contributed by atoms with Gasteiger partial charge in [0.1, 0.15) is 17.7 Å². The van der Waals surface area contributed by atoms with Gasteiger partial charge in [0.05, 0.1) is 23.6 Å². The number of nitrogens with zero attached hydrogens (tertiary/aromatic N) is 9. The van der Waals surface area contributed by atoms with Crippen molar-refractivity contribution in [3.05, 3.63) is 54.3 Å². The Kier molecular flexibility index (Phi) is 7.20. The van der Waals surface area contributed by atoms with E-state index in [4.69, 9.17) is 0 Å². The van der Waals surface area contributed by atoms with E-state index in [0.29, 0.717) is 25.7 Å². The Morgan fingerprint density at radius 2 is 1.93 bits per heavy atom. The van der Waals surface area contributed by atoms with Crippen LogP contribution in [-0.4, -0.2) is 101 Å². The highest BCUT2D eigenvalue weighted by atomic mass is 19.4. The largest absolute Gasteiger partial charge is 0.451 e. The van der Waals surface area contributed by atoms with Gasteiger partial charge in [0.25, 0.3) is 5.91 Å². The van der Waals surface area contributed by atoms with Gasteiger partial charge in [-0.25, -0.2) is 19.9 Å². The number of carbonyl (C=O) groups is 1. The molecule has 11 nitrogen and oxygen atoms in total. The maximum Gasteiger partial charge on any atom is 0.451 e. The molecule has 6 rings (SSSR count). The smallest absolute Gasteiger partial charge is 0.346 e. The zero-order chi connectivity index (χ0) is 28.7. The van der Waals surface area contributed by atoms with E-state index in [2.05, 4.69) is 34.9 Å². The minimum atomic E-state index is -4.73. The summed E-state index contributed by atoms with van der Waals surface area (Å²) in [6.07, 6.45) is 3.99. The molecular formula is C27H31F3N10O. The van der Waals surface area contributed by atoms with E-state index in [1.165, 1.54) is 12.4 Å². The second-order valence-electron chi connectivity index (χ2n) is 10.7. The van der Waals surface area contributed by atoms with Gasteiger partial charge in [-0.2, -0.15) is 18.3 Å². The number of carbonyl (C=O) groups excluding carboxylic acids is 1. The number of likely N-dealkylation sites (tertiary alicyclic amines) is 2. The van der Waals surface area contributed by atoms with Crippen molar-refractivity contribution >= 4 is 16.9 Å². The van der Waals surface area contributed by atoms with Crippen LogP contribution in [0, 0.1) is 0 Å². The standard InChI is InChI=1S/C27H31F3N10O/c1-3-37(2)13-18-10-22(36-26(35-18)27(28,29)30)25(41)38-8-5-19(6-9-38)39-14-20(15-39)40-12-17(11-34-40)23-21-4-7-31-24(21)33-16-32-23/h4,7,10-12,16,19-20H,3,5-6,8-9,13-15H2,1-2H3,(H,31,32,33). The number of piperidine rings is 1. The highest BCUT2D eigenvalue weighted by Gasteiger charge is 2.38. The first-order valence-corrected chi connectivity index (χ1v) is 13.7. The van der Waals surface area contributed by atoms with Crippen molar-refractivity contribution in [2.24, 2.45) is 0 Å². The fourth-order valence-corrected chi connectivity index (χ4v) is 5.52. The quantitative estimate of drug-likeness (QED) is 0.362. The summed E-state index contributed by atoms with van der Waals surface area (Å²) in [4.78, 5) is 38.0. The molecule has 0 bridgehead atoms. The molecule has 0 saturated carbocycles. The van der Waals surface area contributed by atoms with Crippen molar-refractivity contribution in [1.29, 1.82) is 0 Å². The molecule has 216 valence electrons. The van der Waals surface area contributed by atoms with Crippen LogP contribution in [0.5, 0.6) is 0 Å². The van der Waals surface area contributed by atoms with E-state index in [0.717, 1.165) is 48.2 Å². The fourth-order valence-electron chi connectivity index (χ4n) is 5.52. The summed E-state index contributed by atoms with van der Waals surface area (Å²) in [5.74, 6) is -1.76. The maximum atomic E-state index is 13.5. The normalized spacial score (nSPS) is 17.5. The summed E-state index contributed by atoms with van der Waals surface area (Å²) < 4.78 is 42.4. The molecule has 2 aliphatic heterocycles. The predicted octanol–water partition coefficient (Wildman–Crippen LogP) is 3.24. The molecule has 4 aromatic heterocycles. The van der Waals surface area contributed by atoms with Gasteiger partial charge in [-0.1, -0.05) is 6.92 Å². The number of hydrogen-bond donors (Lipinski definition) is 1. The van der Waals surface area contributed by atoms with Gasteiger partial charge in [-0.05, 0) is 38.6 Å². The van der Waals surface area contributed by atoms with Crippen molar-refractivity contribution in [3.63, 3.8) is 0 Å². The summed E-state index contributed by atoms with van der Waals surface area (Å²) in [5.41, 5.74) is 2.54. The number of hydrogen-bond acceptors (Lipinski definition) is 8. The third kappa shape index (κ3) is 5.53. The Balaban J connectivity index is 1.06. The number of amides is 1. The third-order valence-corrected chi connectivity index (χ3v) is 7.99. The number of rotatable bonds is 7. The third-order valence-electron chi connectivity index (χ3n) is 7.99. The highest BCUT2D eigenvalue weighted by Crippen LogP contribution is 2.31. The number of fused-ring (bicyclic) bond motifs is 1. The monoisotopic (exact) mass is 568 g/mol. The molecule has 14 heteroatoms. The van der Waals surface area contributed by atoms with Crippen LogP contribution in [0.1, 0.15) is 47.8 Å². The zero-order valence-corrected chi connectivity index (χ0v) is 22.8. The molecule has 1 amide bonds. The zero-order valence-electron chi connectivity index (χ0n) is 22.8. The van der Waals surface area contributed by atoms with Crippen LogP contribution < -0.4 is 0 Å². The van der Waals surface area contributed by atoms with Gasteiger partial charge in [0, 0.05) is 62.1 Å². The molecule has 0 spiro atoms. The Hall–Kier alpha value is -3.91. The summed E-state index contributed by atoms with van der Waals surface area (Å²) in [5, 5.41) is 5.53. The molecule has 6 heterocycles. The van der Waals surface area contributed by atoms with E-state index < -0.39 is 17.9 Å². The lowest BCUT2D eigenvalue weighted by atomic mass is 9.97. The molecule has 2 fully saturated rings. The van der Waals surface area contributed by atoms with Gasteiger partial charge in [0.15, 0.2) is 0 Å². The van der Waals surface area contributed by atoms with Crippen LogP contribution >= 0.6 is 0 Å². The number of H-pyrrole nitrogens is 1. The summed E-state index contributed by atoms with van der Waals surface area (Å²) >= 11 is 0. The lowest BCUT2D eigenvalue weighted by molar-refractivity contribution is -0.145. The average Bonchev–Trinajstić information content (AvgIpc) is 3.62. The SMILES string of the molecule is CCN(C)Cc1cc(C(=O)N2CCC(N3CC(n4cc(-c5ncnc6[nH]ccc56)cn4)C3)CC2)nc(C(F)(F)F)n1. The number of aromatic amines is 1. The van der Waals surface area contributed by atoms with Gasteiger partial charge in [-0.3, -0.25) is 14.4 Å². The Morgan fingerprint density at radius 1 is 1.15 bits per heavy atom. The number of alkyl halides is 3. The number of nitrogens with one attached hydrogen (secondary N) is 1. The summed E-state index contributed by atoms with van der Waals surface area (Å²) in [6, 6.07) is 3.88. The molecule has 1 N–H and O–H groups in total. The van der Waals surface area contributed by atoms with Crippen molar-refractivity contribution < 1.29 is 18.0 Å². The molecule has 4 aromatic rings. The Labute approximate surface area is 234 Å². The van der Waals surface area contributed by atoms with Gasteiger partial charge < -0.3 is 14.8 Å². The van der Waals surface area contributed by atoms with Crippen LogP contribution in [0.3, 0.4) is 0 Å².